The molecule has 2 N–H and O–H groups in total. The summed E-state index contributed by atoms with van der Waals surface area (Å²) in [4.78, 5) is 15.5. The largest absolute Gasteiger partial charge is 0.511 e. The first-order valence-corrected chi connectivity index (χ1v) is 16.7. The number of hydrogen-bond donors (Lipinski definition) is 2. The van der Waals surface area contributed by atoms with Crippen molar-refractivity contribution in [3.63, 3.8) is 0 Å². The maximum absolute atomic E-state index is 13.8. The zero-order chi connectivity index (χ0) is 25.4. The number of anilines is 1. The number of fused-ring (bicyclic) bond motifs is 6. The minimum absolute atomic E-state index is 0.0386. The van der Waals surface area contributed by atoms with Gasteiger partial charge in [0.15, 0.2) is 5.84 Å². The SMILES string of the molecule is CS(=O)(=O)CCc1csc2c1S(=O)(=O)N=C(C1=C(O)C3C4C=CC(C4)C3N(Cc3ccsc3)C1=O)N2. The molecule has 0 saturated heterocycles. The lowest BCUT2D eigenvalue weighted by atomic mass is 9.80. The number of aryl methyl sites for hydroxylation is 1. The summed E-state index contributed by atoms with van der Waals surface area (Å²) in [5.41, 5.74) is 1.22. The zero-order valence-electron chi connectivity index (χ0n) is 19.1. The summed E-state index contributed by atoms with van der Waals surface area (Å²) in [6, 6.07) is 1.75. The third-order valence-corrected chi connectivity index (χ3v) is 11.4. The zero-order valence-corrected chi connectivity index (χ0v) is 22.4. The molecule has 4 unspecified atom stereocenters. The Morgan fingerprint density at radius 3 is 2.75 bits per heavy atom. The fourth-order valence-electron chi connectivity index (χ4n) is 5.74. The quantitative estimate of drug-likeness (QED) is 0.515. The average Bonchev–Trinajstić information content (AvgIpc) is 3.58. The molecule has 9 nitrogen and oxygen atoms in total. The number of amidine groups is 1. The van der Waals surface area contributed by atoms with Crippen LogP contribution in [-0.2, 0) is 37.6 Å². The smallest absolute Gasteiger partial charge is 0.287 e. The molecule has 2 aromatic heterocycles. The van der Waals surface area contributed by atoms with Crippen LogP contribution in [0.5, 0.6) is 0 Å². The van der Waals surface area contributed by atoms with Crippen LogP contribution in [0, 0.1) is 17.8 Å². The number of carbonyl (C=O) groups is 1. The second-order valence-electron chi connectivity index (χ2n) is 9.63. The number of rotatable bonds is 6. The van der Waals surface area contributed by atoms with Gasteiger partial charge in [-0.15, -0.1) is 15.7 Å². The van der Waals surface area contributed by atoms with Gasteiger partial charge in [-0.3, -0.25) is 4.79 Å². The maximum Gasteiger partial charge on any atom is 0.287 e. The van der Waals surface area contributed by atoms with Crippen LogP contribution in [0.1, 0.15) is 17.5 Å². The van der Waals surface area contributed by atoms with Crippen LogP contribution < -0.4 is 5.32 Å². The lowest BCUT2D eigenvalue weighted by molar-refractivity contribution is -0.133. The van der Waals surface area contributed by atoms with Gasteiger partial charge in [-0.05, 0) is 58.0 Å². The van der Waals surface area contributed by atoms with Gasteiger partial charge in [-0.25, -0.2) is 8.42 Å². The molecule has 36 heavy (non-hydrogen) atoms. The van der Waals surface area contributed by atoms with Crippen LogP contribution >= 0.6 is 22.7 Å². The van der Waals surface area contributed by atoms with Gasteiger partial charge in [0, 0.05) is 24.8 Å². The van der Waals surface area contributed by atoms with Crippen molar-refractivity contribution in [1.29, 1.82) is 0 Å². The number of sulfonamides is 1. The van der Waals surface area contributed by atoms with Gasteiger partial charge >= 0.3 is 0 Å². The van der Waals surface area contributed by atoms with E-state index < -0.39 is 25.8 Å². The summed E-state index contributed by atoms with van der Waals surface area (Å²) in [5, 5.41) is 20.1. The highest BCUT2D eigenvalue weighted by Crippen LogP contribution is 2.52. The van der Waals surface area contributed by atoms with E-state index in [9.17, 15) is 26.7 Å². The predicted octanol–water partition coefficient (Wildman–Crippen LogP) is 2.95. The summed E-state index contributed by atoms with van der Waals surface area (Å²) in [7, 11) is -7.52. The molecule has 2 bridgehead atoms. The van der Waals surface area contributed by atoms with Gasteiger partial charge in [0.2, 0.25) is 0 Å². The van der Waals surface area contributed by atoms with Crippen LogP contribution in [0.15, 0.2) is 55.0 Å². The van der Waals surface area contributed by atoms with Crippen LogP contribution in [0.3, 0.4) is 0 Å². The normalized spacial score (nSPS) is 28.2. The Labute approximate surface area is 216 Å². The molecule has 0 aromatic carbocycles. The van der Waals surface area contributed by atoms with E-state index in [1.54, 1.807) is 10.3 Å². The van der Waals surface area contributed by atoms with Crippen molar-refractivity contribution in [3.05, 3.63) is 56.8 Å². The first-order valence-electron chi connectivity index (χ1n) is 11.4. The number of amides is 1. The standard InChI is InChI=1S/C23H23N3O6S4/c1-35(29,30)7-5-15-11-34-22-20(15)36(31,32)25-21(24-22)17-19(27)16-13-2-3-14(8-13)18(16)26(23(17)28)9-12-4-6-33-10-12/h2-4,6,10-11,13-14,16,18,27H,5,7-9H2,1H3,(H,24,25). The summed E-state index contributed by atoms with van der Waals surface area (Å²) >= 11 is 2.64. The highest BCUT2D eigenvalue weighted by atomic mass is 32.2. The molecule has 2 aliphatic carbocycles. The van der Waals surface area contributed by atoms with E-state index in [0.29, 0.717) is 12.1 Å². The topological polar surface area (TPSA) is 133 Å². The van der Waals surface area contributed by atoms with Crippen molar-refractivity contribution in [2.45, 2.75) is 30.3 Å². The molecular weight excluding hydrogens is 543 g/mol. The lowest BCUT2D eigenvalue weighted by Crippen LogP contribution is -2.53. The highest BCUT2D eigenvalue weighted by Gasteiger charge is 2.55. The molecule has 4 heterocycles. The van der Waals surface area contributed by atoms with Crippen molar-refractivity contribution in [2.24, 2.45) is 22.2 Å². The summed E-state index contributed by atoms with van der Waals surface area (Å²) in [6.07, 6.45) is 6.14. The third kappa shape index (κ3) is 3.83. The first-order chi connectivity index (χ1) is 17.0. The molecule has 1 saturated carbocycles. The van der Waals surface area contributed by atoms with Crippen LogP contribution in [-0.4, -0.2) is 56.6 Å². The highest BCUT2D eigenvalue weighted by molar-refractivity contribution is 7.91. The second kappa shape index (κ2) is 8.27. The molecule has 4 atom stereocenters. The number of aliphatic hydroxyl groups is 1. The van der Waals surface area contributed by atoms with Gasteiger partial charge in [-0.2, -0.15) is 19.8 Å². The molecule has 6 rings (SSSR count). The number of thiophene rings is 2. The Kier molecular flexibility index (Phi) is 5.49. The molecule has 0 radical (unpaired) electrons. The van der Waals surface area contributed by atoms with E-state index >= 15 is 0 Å². The number of aliphatic hydroxyl groups excluding tert-OH is 1. The van der Waals surface area contributed by atoms with Crippen molar-refractivity contribution >= 4 is 59.3 Å². The maximum atomic E-state index is 13.8. The molecule has 0 spiro atoms. The molecule has 13 heteroatoms. The van der Waals surface area contributed by atoms with E-state index in [4.69, 9.17) is 0 Å². The Bertz CT molecular complexity index is 1570. The van der Waals surface area contributed by atoms with E-state index in [2.05, 4.69) is 21.9 Å². The van der Waals surface area contributed by atoms with Crippen molar-refractivity contribution in [3.8, 4) is 0 Å². The molecule has 190 valence electrons. The van der Waals surface area contributed by atoms with Crippen LogP contribution in [0.2, 0.25) is 0 Å². The summed E-state index contributed by atoms with van der Waals surface area (Å²) in [5.74, 6) is -1.09. The van der Waals surface area contributed by atoms with Crippen molar-refractivity contribution in [1.82, 2.24) is 4.90 Å². The van der Waals surface area contributed by atoms with Gasteiger partial charge in [0.05, 0.1) is 5.75 Å². The van der Waals surface area contributed by atoms with Gasteiger partial charge < -0.3 is 15.3 Å². The predicted molar refractivity (Wildman–Crippen MR) is 139 cm³/mol. The fraction of sp³-hybridized carbons (Fsp3) is 0.391. The van der Waals surface area contributed by atoms with Crippen molar-refractivity contribution in [2.75, 3.05) is 17.3 Å². The molecule has 4 aliphatic rings. The van der Waals surface area contributed by atoms with E-state index in [-0.39, 0.29) is 63.0 Å². The molecule has 2 aliphatic heterocycles. The average molecular weight is 566 g/mol. The van der Waals surface area contributed by atoms with E-state index in [1.807, 2.05) is 16.8 Å². The van der Waals surface area contributed by atoms with E-state index in [1.165, 1.54) is 11.3 Å². The Morgan fingerprint density at radius 2 is 2.03 bits per heavy atom. The van der Waals surface area contributed by atoms with Crippen LogP contribution in [0.4, 0.5) is 5.00 Å². The second-order valence-corrected chi connectivity index (χ2v) is 15.1. The molecular formula is C23H23N3O6S4. The Balaban J connectivity index is 1.40. The van der Waals surface area contributed by atoms with Gasteiger partial charge in [0.25, 0.3) is 15.9 Å². The third-order valence-electron chi connectivity index (χ3n) is 7.25. The molecule has 2 aromatic rings. The first kappa shape index (κ1) is 23.9. The Hall–Kier alpha value is -2.48. The lowest BCUT2D eigenvalue weighted by Gasteiger charge is -2.42. The van der Waals surface area contributed by atoms with Gasteiger partial charge in [-0.1, -0.05) is 12.2 Å². The summed E-state index contributed by atoms with van der Waals surface area (Å²) in [6.45, 7) is 0.358. The fourth-order valence-corrected chi connectivity index (χ4v) is 9.67. The van der Waals surface area contributed by atoms with Crippen LogP contribution in [0.25, 0.3) is 0 Å². The number of hydrogen-bond acceptors (Lipinski definition) is 9. The van der Waals surface area contributed by atoms with E-state index in [0.717, 1.165) is 29.6 Å². The number of allylic oxidation sites excluding steroid dienone is 1. The van der Waals surface area contributed by atoms with Crippen molar-refractivity contribution < 1.29 is 26.7 Å². The minimum atomic E-state index is -4.23. The minimum Gasteiger partial charge on any atom is -0.511 e. The summed E-state index contributed by atoms with van der Waals surface area (Å²) < 4.78 is 53.6. The Morgan fingerprint density at radius 1 is 1.25 bits per heavy atom. The number of nitrogens with zero attached hydrogens (tertiary/aromatic N) is 2. The molecule has 1 fully saturated rings. The number of nitrogens with one attached hydrogen (secondary N) is 1. The van der Waals surface area contributed by atoms with Gasteiger partial charge in [0.1, 0.15) is 31.1 Å². The molecule has 1 amide bonds. The monoisotopic (exact) mass is 565 g/mol. The number of sulfone groups is 1. The number of carbonyl (C=O) groups excluding carboxylic acids is 1.